The fraction of sp³-hybridized carbons (Fsp3) is 0.480. The molecule has 2 aliphatic heterocycles. The van der Waals surface area contributed by atoms with Gasteiger partial charge in [-0.3, -0.25) is 4.99 Å². The Morgan fingerprint density at radius 1 is 1.23 bits per heavy atom. The highest BCUT2D eigenvalue weighted by atomic mass is 15.4. The summed E-state index contributed by atoms with van der Waals surface area (Å²) in [6, 6.07) is 0.114. The Bertz CT molecular complexity index is 981. The molecule has 0 bridgehead atoms. The van der Waals surface area contributed by atoms with E-state index in [1.54, 1.807) is 0 Å². The van der Waals surface area contributed by atoms with E-state index >= 15 is 0 Å². The van der Waals surface area contributed by atoms with Crippen LogP contribution in [0.4, 0.5) is 0 Å². The fourth-order valence-electron chi connectivity index (χ4n) is 4.11. The molecule has 0 saturated heterocycles. The van der Waals surface area contributed by atoms with Gasteiger partial charge in [-0.2, -0.15) is 5.10 Å². The van der Waals surface area contributed by atoms with Crippen LogP contribution in [-0.4, -0.2) is 27.0 Å². The van der Waals surface area contributed by atoms with Crippen LogP contribution in [0.5, 0.6) is 0 Å². The second kappa shape index (κ2) is 9.41. The molecule has 0 radical (unpaired) electrons. The molecule has 5 nitrogen and oxygen atoms in total. The molecule has 0 fully saturated rings. The highest BCUT2D eigenvalue weighted by molar-refractivity contribution is 5.76. The van der Waals surface area contributed by atoms with E-state index in [2.05, 4.69) is 38.7 Å². The van der Waals surface area contributed by atoms with Crippen molar-refractivity contribution in [3.8, 4) is 0 Å². The van der Waals surface area contributed by atoms with Gasteiger partial charge in [0, 0.05) is 29.7 Å². The molecule has 30 heavy (non-hydrogen) atoms. The van der Waals surface area contributed by atoms with E-state index in [1.165, 1.54) is 28.1 Å². The number of allylic oxidation sites excluding steroid dienone is 7. The molecular weight excluding hydrogens is 370 g/mol. The van der Waals surface area contributed by atoms with Gasteiger partial charge in [0.25, 0.3) is 0 Å². The second-order valence-corrected chi connectivity index (χ2v) is 8.15. The summed E-state index contributed by atoms with van der Waals surface area (Å²) in [5.41, 5.74) is 8.66. The number of fused-ring (bicyclic) bond motifs is 1. The zero-order valence-corrected chi connectivity index (χ0v) is 19.3. The van der Waals surface area contributed by atoms with Crippen LogP contribution in [0.2, 0.25) is 0 Å². The topological polar surface area (TPSA) is 55.1 Å². The highest BCUT2D eigenvalue weighted by Crippen LogP contribution is 2.35. The maximum absolute atomic E-state index is 4.84. The van der Waals surface area contributed by atoms with Crippen molar-refractivity contribution >= 4 is 17.5 Å². The molecule has 160 valence electrons. The molecule has 1 N–H and O–H groups in total. The summed E-state index contributed by atoms with van der Waals surface area (Å²) in [7, 11) is 0. The van der Waals surface area contributed by atoms with Crippen LogP contribution < -0.4 is 5.32 Å². The lowest BCUT2D eigenvalue weighted by Gasteiger charge is -2.16. The quantitative estimate of drug-likeness (QED) is 0.590. The number of hydrogen-bond acceptors (Lipinski definition) is 4. The van der Waals surface area contributed by atoms with Crippen molar-refractivity contribution in [2.24, 2.45) is 4.99 Å². The van der Waals surface area contributed by atoms with Crippen molar-refractivity contribution in [3.05, 3.63) is 58.5 Å². The zero-order chi connectivity index (χ0) is 21.8. The van der Waals surface area contributed by atoms with E-state index in [-0.39, 0.29) is 6.04 Å². The number of nitrogens with zero attached hydrogens (tertiary/aromatic N) is 4. The molecule has 0 aliphatic carbocycles. The first-order valence-corrected chi connectivity index (χ1v) is 11.1. The van der Waals surface area contributed by atoms with Crippen LogP contribution in [0.25, 0.3) is 11.3 Å². The Hall–Kier alpha value is -2.69. The van der Waals surface area contributed by atoms with E-state index in [4.69, 9.17) is 15.1 Å². The Morgan fingerprint density at radius 2 is 2.00 bits per heavy atom. The molecular formula is C25H35N5. The van der Waals surface area contributed by atoms with Crippen molar-refractivity contribution in [1.29, 1.82) is 0 Å². The molecule has 5 heteroatoms. The van der Waals surface area contributed by atoms with E-state index < -0.39 is 0 Å². The summed E-state index contributed by atoms with van der Waals surface area (Å²) in [6.45, 7) is 16.8. The number of rotatable bonds is 8. The summed E-state index contributed by atoms with van der Waals surface area (Å²) < 4.78 is 1.90. The van der Waals surface area contributed by atoms with Crippen molar-refractivity contribution in [3.63, 3.8) is 0 Å². The molecule has 0 amide bonds. The summed E-state index contributed by atoms with van der Waals surface area (Å²) in [4.78, 5) is 9.59. The van der Waals surface area contributed by atoms with Crippen molar-refractivity contribution in [2.75, 3.05) is 0 Å². The summed E-state index contributed by atoms with van der Waals surface area (Å²) in [5, 5.41) is 8.48. The van der Waals surface area contributed by atoms with Gasteiger partial charge in [-0.25, -0.2) is 9.67 Å². The predicted molar refractivity (Wildman–Crippen MR) is 127 cm³/mol. The number of aryl methyl sites for hydroxylation is 1. The molecule has 1 unspecified atom stereocenters. The van der Waals surface area contributed by atoms with Gasteiger partial charge in [-0.05, 0) is 75.3 Å². The molecule has 1 aromatic rings. The third-order valence-electron chi connectivity index (χ3n) is 5.93. The maximum Gasteiger partial charge on any atom is 0.158 e. The average molecular weight is 406 g/mol. The van der Waals surface area contributed by atoms with E-state index in [0.717, 1.165) is 55.0 Å². The largest absolute Gasteiger partial charge is 0.360 e. The van der Waals surface area contributed by atoms with Gasteiger partial charge in [-0.1, -0.05) is 32.9 Å². The monoisotopic (exact) mass is 405 g/mol. The number of hydrogen-bond donors (Lipinski definition) is 1. The SMILES string of the molecule is C=C(C)c1nc(CCC2=C(C)C3N=CC=C(CC)C(CCC)=C3N2)nn1/C(C)=C\C. The van der Waals surface area contributed by atoms with Crippen LogP contribution >= 0.6 is 0 Å². The van der Waals surface area contributed by atoms with Crippen LogP contribution in [0, 0.1) is 0 Å². The van der Waals surface area contributed by atoms with Crippen LogP contribution in [0.1, 0.15) is 78.9 Å². The third kappa shape index (κ3) is 4.25. The van der Waals surface area contributed by atoms with Crippen LogP contribution in [0.15, 0.2) is 51.8 Å². The molecule has 0 aromatic carbocycles. The zero-order valence-electron chi connectivity index (χ0n) is 19.3. The van der Waals surface area contributed by atoms with Gasteiger partial charge in [0.1, 0.15) is 6.04 Å². The van der Waals surface area contributed by atoms with Gasteiger partial charge in [0.05, 0.1) is 0 Å². The van der Waals surface area contributed by atoms with E-state index in [9.17, 15) is 0 Å². The van der Waals surface area contributed by atoms with Gasteiger partial charge in [0.2, 0.25) is 0 Å². The summed E-state index contributed by atoms with van der Waals surface area (Å²) >= 11 is 0. The molecule has 2 aliphatic rings. The highest BCUT2D eigenvalue weighted by Gasteiger charge is 2.30. The lowest BCUT2D eigenvalue weighted by molar-refractivity contribution is 0.773. The van der Waals surface area contributed by atoms with Crippen LogP contribution in [-0.2, 0) is 6.42 Å². The first-order chi connectivity index (χ1) is 14.4. The molecule has 0 saturated carbocycles. The Morgan fingerprint density at radius 3 is 2.63 bits per heavy atom. The standard InChI is InChI=1S/C25H35N5/c1-8-11-20-19(10-3)14-15-26-23-18(7)21(27-24(20)23)12-13-22-28-25(16(4)5)30(29-22)17(6)9-2/h9,14-15,23,27H,4,8,10-13H2,1-3,5-7H3/b17-9-. The van der Waals surface area contributed by atoms with E-state index in [0.29, 0.717) is 0 Å². The summed E-state index contributed by atoms with van der Waals surface area (Å²) in [6.07, 6.45) is 11.1. The molecule has 1 aromatic heterocycles. The van der Waals surface area contributed by atoms with E-state index in [1.807, 2.05) is 37.7 Å². The lowest BCUT2D eigenvalue weighted by Crippen LogP contribution is -2.16. The van der Waals surface area contributed by atoms with Crippen molar-refractivity contribution in [2.45, 2.75) is 79.7 Å². The summed E-state index contributed by atoms with van der Waals surface area (Å²) in [5.74, 6) is 1.69. The van der Waals surface area contributed by atoms with Crippen molar-refractivity contribution in [1.82, 2.24) is 20.1 Å². The molecule has 0 spiro atoms. The van der Waals surface area contributed by atoms with Gasteiger partial charge in [0.15, 0.2) is 11.6 Å². The predicted octanol–water partition coefficient (Wildman–Crippen LogP) is 5.85. The first kappa shape index (κ1) is 22.0. The average Bonchev–Trinajstić information content (AvgIpc) is 3.24. The fourth-order valence-corrected chi connectivity index (χ4v) is 4.11. The van der Waals surface area contributed by atoms with Crippen LogP contribution in [0.3, 0.4) is 0 Å². The van der Waals surface area contributed by atoms with Gasteiger partial charge >= 0.3 is 0 Å². The second-order valence-electron chi connectivity index (χ2n) is 8.15. The minimum atomic E-state index is 0.114. The lowest BCUT2D eigenvalue weighted by atomic mass is 9.94. The Kier molecular flexibility index (Phi) is 6.91. The number of aliphatic imine (C=N–C) groups is 1. The smallest absolute Gasteiger partial charge is 0.158 e. The minimum absolute atomic E-state index is 0.114. The normalized spacial score (nSPS) is 19.1. The maximum atomic E-state index is 4.84. The number of aromatic nitrogens is 3. The third-order valence-corrected chi connectivity index (χ3v) is 5.93. The Labute approximate surface area is 181 Å². The van der Waals surface area contributed by atoms with Gasteiger partial charge in [-0.15, -0.1) is 0 Å². The molecule has 3 heterocycles. The van der Waals surface area contributed by atoms with Gasteiger partial charge < -0.3 is 5.32 Å². The van der Waals surface area contributed by atoms with Crippen molar-refractivity contribution < 1.29 is 0 Å². The Balaban J connectivity index is 1.84. The molecule has 3 rings (SSSR count). The number of nitrogens with one attached hydrogen (secondary N) is 1. The minimum Gasteiger partial charge on any atom is -0.360 e. The first-order valence-electron chi connectivity index (χ1n) is 11.1. The molecule has 1 atom stereocenters.